The average molecular weight is 329 g/mol. The van der Waals surface area contributed by atoms with E-state index in [1.54, 1.807) is 13.2 Å². The van der Waals surface area contributed by atoms with Crippen molar-refractivity contribution in [3.05, 3.63) is 28.2 Å². The molecule has 2 N–H and O–H groups in total. The molecule has 0 fully saturated rings. The first-order valence-corrected chi connectivity index (χ1v) is 6.64. The van der Waals surface area contributed by atoms with Crippen molar-refractivity contribution in [2.24, 2.45) is 0 Å². The van der Waals surface area contributed by atoms with Crippen LogP contribution >= 0.6 is 15.9 Å². The maximum absolute atomic E-state index is 11.7. The molecule has 19 heavy (non-hydrogen) atoms. The first-order chi connectivity index (χ1) is 9.02. The summed E-state index contributed by atoms with van der Waals surface area (Å²) in [6.45, 7) is 2.72. The number of nitrogens with one attached hydrogen (secondary N) is 2. The zero-order valence-electron chi connectivity index (χ0n) is 11.0. The second kappa shape index (κ2) is 7.91. The summed E-state index contributed by atoms with van der Waals surface area (Å²) < 4.78 is 5.74. The van der Waals surface area contributed by atoms with Crippen LogP contribution in [0.1, 0.15) is 12.0 Å². The number of carbonyl (C=O) groups excluding carboxylic acids is 2. The van der Waals surface area contributed by atoms with Gasteiger partial charge in [0.1, 0.15) is 6.42 Å². The SMILES string of the molecule is COCCNC(=O)CC(=O)Nc1ccc(Br)cc1C. The molecule has 104 valence electrons. The predicted molar refractivity (Wildman–Crippen MR) is 77.0 cm³/mol. The Morgan fingerprint density at radius 1 is 1.32 bits per heavy atom. The molecule has 0 radical (unpaired) electrons. The highest BCUT2D eigenvalue weighted by Crippen LogP contribution is 2.20. The molecular formula is C13H17BrN2O3. The van der Waals surface area contributed by atoms with Crippen molar-refractivity contribution in [2.75, 3.05) is 25.6 Å². The monoisotopic (exact) mass is 328 g/mol. The highest BCUT2D eigenvalue weighted by Gasteiger charge is 2.10. The fourth-order valence-electron chi connectivity index (χ4n) is 1.46. The number of ether oxygens (including phenoxy) is 1. The van der Waals surface area contributed by atoms with Gasteiger partial charge in [-0.25, -0.2) is 0 Å². The smallest absolute Gasteiger partial charge is 0.233 e. The van der Waals surface area contributed by atoms with Crippen molar-refractivity contribution < 1.29 is 14.3 Å². The second-order valence-electron chi connectivity index (χ2n) is 4.03. The zero-order chi connectivity index (χ0) is 14.3. The third-order valence-electron chi connectivity index (χ3n) is 2.41. The lowest BCUT2D eigenvalue weighted by molar-refractivity contribution is -0.126. The van der Waals surface area contributed by atoms with Gasteiger partial charge in [0.2, 0.25) is 11.8 Å². The molecule has 6 heteroatoms. The molecule has 0 spiro atoms. The lowest BCUT2D eigenvalue weighted by atomic mass is 10.2. The number of halogens is 1. The Balaban J connectivity index is 2.44. The van der Waals surface area contributed by atoms with E-state index >= 15 is 0 Å². The first kappa shape index (κ1) is 15.7. The number of carbonyl (C=O) groups is 2. The van der Waals surface area contributed by atoms with Gasteiger partial charge < -0.3 is 15.4 Å². The predicted octanol–water partition coefficient (Wildman–Crippen LogP) is 1.85. The van der Waals surface area contributed by atoms with Crippen molar-refractivity contribution in [1.29, 1.82) is 0 Å². The number of benzene rings is 1. The minimum atomic E-state index is -0.333. The van der Waals surface area contributed by atoms with Crippen LogP contribution in [-0.2, 0) is 14.3 Å². The molecule has 0 aliphatic heterocycles. The van der Waals surface area contributed by atoms with Gasteiger partial charge in [-0.2, -0.15) is 0 Å². The van der Waals surface area contributed by atoms with E-state index in [9.17, 15) is 9.59 Å². The average Bonchev–Trinajstić information content (AvgIpc) is 2.33. The van der Waals surface area contributed by atoms with E-state index in [2.05, 4.69) is 26.6 Å². The minimum Gasteiger partial charge on any atom is -0.383 e. The summed E-state index contributed by atoms with van der Waals surface area (Å²) in [6, 6.07) is 5.52. The number of aryl methyl sites for hydroxylation is 1. The molecule has 1 aromatic rings. The highest BCUT2D eigenvalue weighted by molar-refractivity contribution is 9.10. The van der Waals surface area contributed by atoms with E-state index in [1.165, 1.54) is 0 Å². The van der Waals surface area contributed by atoms with Gasteiger partial charge >= 0.3 is 0 Å². The molecule has 0 saturated carbocycles. The Morgan fingerprint density at radius 3 is 2.68 bits per heavy atom. The summed E-state index contributed by atoms with van der Waals surface area (Å²) in [5, 5.41) is 5.30. The van der Waals surface area contributed by atoms with Gasteiger partial charge in [-0.05, 0) is 30.7 Å². The number of methoxy groups -OCH3 is 1. The summed E-state index contributed by atoms with van der Waals surface area (Å²) in [7, 11) is 1.55. The third-order valence-corrected chi connectivity index (χ3v) is 2.91. The standard InChI is InChI=1S/C13H17BrN2O3/c1-9-7-10(14)3-4-11(9)16-13(18)8-12(17)15-5-6-19-2/h3-4,7H,5-6,8H2,1-2H3,(H,15,17)(H,16,18). The van der Waals surface area contributed by atoms with E-state index in [4.69, 9.17) is 4.74 Å². The molecule has 0 aliphatic carbocycles. The lowest BCUT2D eigenvalue weighted by Crippen LogP contribution is -2.30. The Kier molecular flexibility index (Phi) is 6.52. The molecule has 0 saturated heterocycles. The number of amides is 2. The van der Waals surface area contributed by atoms with E-state index in [1.807, 2.05) is 19.1 Å². The van der Waals surface area contributed by atoms with Gasteiger partial charge in [-0.3, -0.25) is 9.59 Å². The molecular weight excluding hydrogens is 312 g/mol. The van der Waals surface area contributed by atoms with Crippen LogP contribution in [0.15, 0.2) is 22.7 Å². The van der Waals surface area contributed by atoms with Crippen molar-refractivity contribution in [3.8, 4) is 0 Å². The Labute approximate surface area is 120 Å². The molecule has 0 atom stereocenters. The van der Waals surface area contributed by atoms with Crippen LogP contribution in [-0.4, -0.2) is 32.1 Å². The normalized spacial score (nSPS) is 10.1. The largest absolute Gasteiger partial charge is 0.383 e. The van der Waals surface area contributed by atoms with Crippen LogP contribution in [0.5, 0.6) is 0 Å². The van der Waals surface area contributed by atoms with Crippen molar-refractivity contribution in [3.63, 3.8) is 0 Å². The van der Waals surface area contributed by atoms with Crippen LogP contribution < -0.4 is 10.6 Å². The zero-order valence-corrected chi connectivity index (χ0v) is 12.5. The van der Waals surface area contributed by atoms with Crippen molar-refractivity contribution >= 4 is 33.4 Å². The Morgan fingerprint density at radius 2 is 2.05 bits per heavy atom. The number of rotatable bonds is 6. The van der Waals surface area contributed by atoms with Gasteiger partial charge in [0, 0.05) is 23.8 Å². The van der Waals surface area contributed by atoms with Crippen molar-refractivity contribution in [2.45, 2.75) is 13.3 Å². The van der Waals surface area contributed by atoms with Crippen LogP contribution in [0.2, 0.25) is 0 Å². The summed E-state index contributed by atoms with van der Waals surface area (Å²) in [4.78, 5) is 23.1. The van der Waals surface area contributed by atoms with E-state index < -0.39 is 0 Å². The fraction of sp³-hybridized carbons (Fsp3) is 0.385. The Hall–Kier alpha value is -1.40. The van der Waals surface area contributed by atoms with Gasteiger partial charge in [-0.1, -0.05) is 15.9 Å². The molecule has 0 unspecified atom stereocenters. The van der Waals surface area contributed by atoms with Gasteiger partial charge in [0.15, 0.2) is 0 Å². The van der Waals surface area contributed by atoms with E-state index in [-0.39, 0.29) is 18.2 Å². The number of hydrogen-bond acceptors (Lipinski definition) is 3. The maximum Gasteiger partial charge on any atom is 0.233 e. The molecule has 1 aromatic carbocycles. The van der Waals surface area contributed by atoms with Crippen LogP contribution in [0.4, 0.5) is 5.69 Å². The van der Waals surface area contributed by atoms with E-state index in [0.717, 1.165) is 10.0 Å². The van der Waals surface area contributed by atoms with Crippen molar-refractivity contribution in [1.82, 2.24) is 5.32 Å². The molecule has 2 amide bonds. The molecule has 0 aliphatic rings. The lowest BCUT2D eigenvalue weighted by Gasteiger charge is -2.09. The summed E-state index contributed by atoms with van der Waals surface area (Å²) >= 11 is 3.35. The van der Waals surface area contributed by atoms with Gasteiger partial charge in [0.25, 0.3) is 0 Å². The summed E-state index contributed by atoms with van der Waals surface area (Å²) in [5.74, 6) is -0.648. The molecule has 0 aromatic heterocycles. The fourth-order valence-corrected chi connectivity index (χ4v) is 1.94. The Bertz CT molecular complexity index is 463. The first-order valence-electron chi connectivity index (χ1n) is 5.84. The maximum atomic E-state index is 11.7. The number of hydrogen-bond donors (Lipinski definition) is 2. The molecule has 1 rings (SSSR count). The van der Waals surface area contributed by atoms with Crippen LogP contribution in [0.25, 0.3) is 0 Å². The molecule has 0 bridgehead atoms. The third kappa shape index (κ3) is 5.85. The number of anilines is 1. The van der Waals surface area contributed by atoms with Crippen LogP contribution in [0.3, 0.4) is 0 Å². The minimum absolute atomic E-state index is 0.195. The highest BCUT2D eigenvalue weighted by atomic mass is 79.9. The molecule has 0 heterocycles. The molecule has 5 nitrogen and oxygen atoms in total. The quantitative estimate of drug-likeness (QED) is 0.618. The summed E-state index contributed by atoms with van der Waals surface area (Å²) in [5.41, 5.74) is 1.64. The second-order valence-corrected chi connectivity index (χ2v) is 4.94. The van der Waals surface area contributed by atoms with E-state index in [0.29, 0.717) is 18.8 Å². The van der Waals surface area contributed by atoms with Crippen LogP contribution in [0, 0.1) is 6.92 Å². The van der Waals surface area contributed by atoms with Gasteiger partial charge in [-0.15, -0.1) is 0 Å². The van der Waals surface area contributed by atoms with Gasteiger partial charge in [0.05, 0.1) is 6.61 Å². The summed E-state index contributed by atoms with van der Waals surface area (Å²) in [6.07, 6.45) is -0.195. The topological polar surface area (TPSA) is 67.4 Å².